The van der Waals surface area contributed by atoms with E-state index < -0.39 is 0 Å². The monoisotopic (exact) mass is 354 g/mol. The zero-order chi connectivity index (χ0) is 18.9. The van der Waals surface area contributed by atoms with E-state index in [1.54, 1.807) is 7.05 Å². The van der Waals surface area contributed by atoms with Gasteiger partial charge < -0.3 is 15.0 Å². The molecule has 0 heterocycles. The maximum atomic E-state index is 13.9. The number of hydrogen-bond donors (Lipinski definition) is 1. The number of aliphatic imine (C=N–C) groups is 1. The van der Waals surface area contributed by atoms with Crippen LogP contribution in [-0.2, 0) is 6.54 Å². The van der Waals surface area contributed by atoms with Gasteiger partial charge in [0, 0.05) is 26.2 Å². The van der Waals surface area contributed by atoms with Crippen molar-refractivity contribution in [3.8, 4) is 11.8 Å². The van der Waals surface area contributed by atoms with Crippen molar-refractivity contribution in [1.82, 2.24) is 10.2 Å². The molecule has 1 N–H and O–H groups in total. The molecule has 26 heavy (non-hydrogen) atoms. The Bertz CT molecular complexity index is 796. The van der Waals surface area contributed by atoms with E-state index in [0.29, 0.717) is 30.2 Å². The summed E-state index contributed by atoms with van der Waals surface area (Å²) in [7, 11) is 3.55. The molecule has 0 fully saturated rings. The van der Waals surface area contributed by atoms with Crippen LogP contribution in [0.4, 0.5) is 4.39 Å². The van der Waals surface area contributed by atoms with E-state index in [0.717, 1.165) is 5.75 Å². The summed E-state index contributed by atoms with van der Waals surface area (Å²) in [4.78, 5) is 6.10. The predicted octanol–water partition coefficient (Wildman–Crippen LogP) is 3.09. The van der Waals surface area contributed by atoms with Crippen molar-refractivity contribution in [3.05, 3.63) is 65.0 Å². The highest BCUT2D eigenvalue weighted by atomic mass is 19.1. The Kier molecular flexibility index (Phi) is 6.98. The van der Waals surface area contributed by atoms with Crippen LogP contribution in [0.2, 0.25) is 0 Å². The van der Waals surface area contributed by atoms with Crippen LogP contribution >= 0.6 is 0 Å². The normalized spacial score (nSPS) is 11.0. The van der Waals surface area contributed by atoms with Gasteiger partial charge in [-0.3, -0.25) is 4.99 Å². The zero-order valence-corrected chi connectivity index (χ0v) is 15.3. The van der Waals surface area contributed by atoms with Gasteiger partial charge in [-0.05, 0) is 37.3 Å². The molecule has 5 nitrogen and oxygen atoms in total. The van der Waals surface area contributed by atoms with E-state index in [1.807, 2.05) is 49.2 Å². The molecular weight excluding hydrogens is 331 g/mol. The molecule has 2 aromatic carbocycles. The first-order valence-corrected chi connectivity index (χ1v) is 8.33. The van der Waals surface area contributed by atoms with Crippen molar-refractivity contribution in [1.29, 1.82) is 5.26 Å². The van der Waals surface area contributed by atoms with Crippen LogP contribution in [-0.4, -0.2) is 38.1 Å². The first-order chi connectivity index (χ1) is 12.5. The molecule has 0 unspecified atom stereocenters. The molecular formula is C20H23FN4O. The average Bonchev–Trinajstić information content (AvgIpc) is 2.65. The fourth-order valence-corrected chi connectivity index (χ4v) is 2.38. The molecule has 136 valence electrons. The number of rotatable bonds is 6. The number of nitriles is 1. The second kappa shape index (κ2) is 9.42. The number of guanidine groups is 1. The van der Waals surface area contributed by atoms with Crippen LogP contribution in [0.15, 0.2) is 47.5 Å². The number of nitrogens with zero attached hydrogens (tertiary/aromatic N) is 3. The SMILES string of the molecule is CN=C(NCc1cc(C#N)ccc1F)N(C)CCOc1ccc(C)cc1. The van der Waals surface area contributed by atoms with Gasteiger partial charge in [0.25, 0.3) is 0 Å². The van der Waals surface area contributed by atoms with E-state index in [2.05, 4.69) is 10.3 Å². The smallest absolute Gasteiger partial charge is 0.193 e. The molecule has 0 spiro atoms. The Balaban J connectivity index is 1.86. The Morgan fingerprint density at radius 1 is 1.27 bits per heavy atom. The fourth-order valence-electron chi connectivity index (χ4n) is 2.38. The van der Waals surface area contributed by atoms with Gasteiger partial charge in [-0.2, -0.15) is 5.26 Å². The van der Waals surface area contributed by atoms with Gasteiger partial charge in [-0.25, -0.2) is 4.39 Å². The van der Waals surface area contributed by atoms with Crippen LogP contribution in [0.1, 0.15) is 16.7 Å². The lowest BCUT2D eigenvalue weighted by atomic mass is 10.1. The first-order valence-electron chi connectivity index (χ1n) is 8.33. The molecule has 0 aromatic heterocycles. The van der Waals surface area contributed by atoms with E-state index in [4.69, 9.17) is 10.00 Å². The summed E-state index contributed by atoms with van der Waals surface area (Å²) in [5.41, 5.74) is 2.04. The molecule has 0 saturated heterocycles. The predicted molar refractivity (Wildman–Crippen MR) is 101 cm³/mol. The van der Waals surface area contributed by atoms with Crippen molar-refractivity contribution in [2.75, 3.05) is 27.2 Å². The highest BCUT2D eigenvalue weighted by molar-refractivity contribution is 5.79. The van der Waals surface area contributed by atoms with Gasteiger partial charge in [0.1, 0.15) is 18.2 Å². The summed E-state index contributed by atoms with van der Waals surface area (Å²) in [6.45, 7) is 3.40. The molecule has 0 radical (unpaired) electrons. The van der Waals surface area contributed by atoms with Gasteiger partial charge in [0.15, 0.2) is 5.96 Å². The molecule has 0 amide bonds. The van der Waals surface area contributed by atoms with Crippen LogP contribution in [0.25, 0.3) is 0 Å². The molecule has 0 bridgehead atoms. The highest BCUT2D eigenvalue weighted by Crippen LogP contribution is 2.11. The Hall–Kier alpha value is -3.07. The van der Waals surface area contributed by atoms with Crippen molar-refractivity contribution >= 4 is 5.96 Å². The third-order valence-corrected chi connectivity index (χ3v) is 3.90. The van der Waals surface area contributed by atoms with Gasteiger partial charge >= 0.3 is 0 Å². The maximum absolute atomic E-state index is 13.9. The minimum absolute atomic E-state index is 0.247. The van der Waals surface area contributed by atoms with E-state index in [-0.39, 0.29) is 12.4 Å². The van der Waals surface area contributed by atoms with Crippen molar-refractivity contribution < 1.29 is 9.13 Å². The molecule has 0 aliphatic rings. The largest absolute Gasteiger partial charge is 0.492 e. The zero-order valence-electron chi connectivity index (χ0n) is 15.3. The summed E-state index contributed by atoms with van der Waals surface area (Å²) in [6, 6.07) is 14.2. The standard InChI is InChI=1S/C20H23FN4O/c1-15-4-7-18(8-5-15)26-11-10-25(3)20(23-2)24-14-17-12-16(13-22)6-9-19(17)21/h4-9,12H,10-11,14H2,1-3H3,(H,23,24). The third-order valence-electron chi connectivity index (χ3n) is 3.90. The summed E-state index contributed by atoms with van der Waals surface area (Å²) in [5.74, 6) is 1.10. The Morgan fingerprint density at radius 2 is 2.00 bits per heavy atom. The first kappa shape index (κ1) is 19.3. The van der Waals surface area contributed by atoms with Crippen LogP contribution in [0, 0.1) is 24.1 Å². The van der Waals surface area contributed by atoms with Gasteiger partial charge in [-0.15, -0.1) is 0 Å². The second-order valence-corrected chi connectivity index (χ2v) is 5.90. The van der Waals surface area contributed by atoms with E-state index in [1.165, 1.54) is 23.8 Å². The van der Waals surface area contributed by atoms with Gasteiger partial charge in [0.05, 0.1) is 18.2 Å². The summed E-state index contributed by atoms with van der Waals surface area (Å²) in [5, 5.41) is 12.0. The van der Waals surface area contributed by atoms with Gasteiger partial charge in [0.2, 0.25) is 0 Å². The van der Waals surface area contributed by atoms with Crippen molar-refractivity contribution in [2.45, 2.75) is 13.5 Å². The summed E-state index contributed by atoms with van der Waals surface area (Å²) >= 11 is 0. The quantitative estimate of drug-likeness (QED) is 0.640. The Morgan fingerprint density at radius 3 is 2.65 bits per heavy atom. The Labute approximate surface area is 153 Å². The van der Waals surface area contributed by atoms with E-state index >= 15 is 0 Å². The third kappa shape index (κ3) is 5.49. The molecule has 0 aliphatic carbocycles. The number of ether oxygens (including phenoxy) is 1. The lowest BCUT2D eigenvalue weighted by molar-refractivity contribution is 0.281. The minimum Gasteiger partial charge on any atom is -0.492 e. The van der Waals surface area contributed by atoms with Crippen molar-refractivity contribution in [2.24, 2.45) is 4.99 Å². The minimum atomic E-state index is -0.350. The summed E-state index contributed by atoms with van der Waals surface area (Å²) < 4.78 is 19.6. The highest BCUT2D eigenvalue weighted by Gasteiger charge is 2.09. The average molecular weight is 354 g/mol. The molecule has 0 atom stereocenters. The lowest BCUT2D eigenvalue weighted by Gasteiger charge is -2.22. The van der Waals surface area contributed by atoms with Crippen LogP contribution < -0.4 is 10.1 Å². The second-order valence-electron chi connectivity index (χ2n) is 5.90. The number of likely N-dealkylation sites (N-methyl/N-ethyl adjacent to an activating group) is 1. The topological polar surface area (TPSA) is 60.7 Å². The van der Waals surface area contributed by atoms with E-state index in [9.17, 15) is 4.39 Å². The molecule has 0 aliphatic heterocycles. The van der Waals surface area contributed by atoms with Crippen LogP contribution in [0.5, 0.6) is 5.75 Å². The van der Waals surface area contributed by atoms with Crippen LogP contribution in [0.3, 0.4) is 0 Å². The number of benzene rings is 2. The fraction of sp³-hybridized carbons (Fsp3) is 0.300. The number of halogens is 1. The molecule has 2 rings (SSSR count). The number of aryl methyl sites for hydroxylation is 1. The maximum Gasteiger partial charge on any atom is 0.193 e. The molecule has 0 saturated carbocycles. The lowest BCUT2D eigenvalue weighted by Crippen LogP contribution is -2.40. The molecule has 2 aromatic rings. The number of nitrogens with one attached hydrogen (secondary N) is 1. The molecule has 6 heteroatoms. The van der Waals surface area contributed by atoms with Crippen molar-refractivity contribution in [3.63, 3.8) is 0 Å². The van der Waals surface area contributed by atoms with Gasteiger partial charge in [-0.1, -0.05) is 17.7 Å². The summed E-state index contributed by atoms with van der Waals surface area (Å²) in [6.07, 6.45) is 0. The number of hydrogen-bond acceptors (Lipinski definition) is 3.